The van der Waals surface area contributed by atoms with Gasteiger partial charge in [-0.05, 0) is 44.0 Å². The number of aryl methyl sites for hydroxylation is 2. The van der Waals surface area contributed by atoms with Crippen molar-refractivity contribution in [1.29, 1.82) is 0 Å². The first-order valence-corrected chi connectivity index (χ1v) is 6.19. The van der Waals surface area contributed by atoms with Gasteiger partial charge in [-0.2, -0.15) is 0 Å². The van der Waals surface area contributed by atoms with E-state index in [1.807, 2.05) is 43.9 Å². The molecule has 0 amide bonds. The zero-order chi connectivity index (χ0) is 14.0. The van der Waals surface area contributed by atoms with Crippen LogP contribution in [0.15, 0.2) is 33.9 Å². The van der Waals surface area contributed by atoms with Crippen LogP contribution in [0.4, 0.5) is 11.5 Å². The van der Waals surface area contributed by atoms with Gasteiger partial charge in [0.15, 0.2) is 0 Å². The highest BCUT2D eigenvalue weighted by molar-refractivity contribution is 5.61. The third-order valence-electron chi connectivity index (χ3n) is 3.16. The van der Waals surface area contributed by atoms with Crippen LogP contribution in [0, 0.1) is 13.8 Å². The summed E-state index contributed by atoms with van der Waals surface area (Å²) in [7, 11) is 0. The van der Waals surface area contributed by atoms with Crippen LogP contribution >= 0.6 is 0 Å². The van der Waals surface area contributed by atoms with Gasteiger partial charge in [-0.1, -0.05) is 6.07 Å². The summed E-state index contributed by atoms with van der Waals surface area (Å²) >= 11 is 0. The Labute approximate surface area is 110 Å². The number of hydrogen-bond acceptors (Lipinski definition) is 3. The van der Waals surface area contributed by atoms with Gasteiger partial charge in [0.25, 0.3) is 5.56 Å². The summed E-state index contributed by atoms with van der Waals surface area (Å²) in [5, 5.41) is 0. The fourth-order valence-corrected chi connectivity index (χ4v) is 1.99. The van der Waals surface area contributed by atoms with E-state index >= 15 is 0 Å². The summed E-state index contributed by atoms with van der Waals surface area (Å²) in [6, 6.07) is 7.43. The smallest absolute Gasteiger partial charge is 0.327 e. The van der Waals surface area contributed by atoms with Crippen LogP contribution in [0.2, 0.25) is 0 Å². The first-order valence-electron chi connectivity index (χ1n) is 6.19. The topological polar surface area (TPSA) is 69.0 Å². The highest BCUT2D eigenvalue weighted by atomic mass is 16.2. The molecule has 0 spiro atoms. The molecule has 0 atom stereocenters. The zero-order valence-electron chi connectivity index (χ0n) is 11.3. The van der Waals surface area contributed by atoms with Crippen molar-refractivity contribution in [3.05, 3.63) is 56.2 Å². The van der Waals surface area contributed by atoms with Crippen molar-refractivity contribution in [3.8, 4) is 0 Å². The van der Waals surface area contributed by atoms with Gasteiger partial charge in [0.05, 0.1) is 0 Å². The summed E-state index contributed by atoms with van der Waals surface area (Å²) in [4.78, 5) is 29.4. The second-order valence-corrected chi connectivity index (χ2v) is 4.49. The maximum atomic E-state index is 11.4. The molecule has 19 heavy (non-hydrogen) atoms. The first kappa shape index (κ1) is 13.1. The summed E-state index contributed by atoms with van der Waals surface area (Å²) in [5.74, 6) is 0.500. The van der Waals surface area contributed by atoms with Crippen LogP contribution < -0.4 is 16.1 Å². The van der Waals surface area contributed by atoms with Crippen molar-refractivity contribution < 1.29 is 0 Å². The lowest BCUT2D eigenvalue weighted by Crippen LogP contribution is -2.27. The lowest BCUT2D eigenvalue weighted by atomic mass is 10.1. The van der Waals surface area contributed by atoms with Crippen molar-refractivity contribution in [3.63, 3.8) is 0 Å². The normalized spacial score (nSPS) is 10.5. The molecule has 0 unspecified atom stereocenters. The molecule has 1 aromatic carbocycles. The number of benzene rings is 1. The zero-order valence-corrected chi connectivity index (χ0v) is 11.3. The number of anilines is 2. The molecule has 0 fully saturated rings. The lowest BCUT2D eigenvalue weighted by Gasteiger charge is -2.23. The molecule has 0 saturated heterocycles. The minimum absolute atomic E-state index is 0.402. The summed E-state index contributed by atoms with van der Waals surface area (Å²) in [5.41, 5.74) is 2.43. The van der Waals surface area contributed by atoms with Crippen LogP contribution in [0.5, 0.6) is 0 Å². The molecule has 0 aliphatic heterocycles. The second kappa shape index (κ2) is 5.14. The molecular weight excluding hydrogens is 242 g/mol. The van der Waals surface area contributed by atoms with Crippen LogP contribution in [0.1, 0.15) is 18.1 Å². The Morgan fingerprint density at radius 2 is 1.79 bits per heavy atom. The minimum atomic E-state index is -0.496. The number of aromatic amines is 2. The molecule has 2 aromatic rings. The van der Waals surface area contributed by atoms with Gasteiger partial charge in [-0.25, -0.2) is 4.79 Å². The molecule has 5 nitrogen and oxygen atoms in total. The van der Waals surface area contributed by atoms with Crippen molar-refractivity contribution in [2.45, 2.75) is 20.8 Å². The number of nitrogens with zero attached hydrogens (tertiary/aromatic N) is 1. The van der Waals surface area contributed by atoms with E-state index in [2.05, 4.69) is 9.97 Å². The Bertz CT molecular complexity index is 672. The quantitative estimate of drug-likeness (QED) is 0.883. The number of hydrogen-bond donors (Lipinski definition) is 2. The van der Waals surface area contributed by atoms with E-state index in [4.69, 9.17) is 0 Å². The van der Waals surface area contributed by atoms with E-state index < -0.39 is 11.2 Å². The van der Waals surface area contributed by atoms with E-state index in [9.17, 15) is 9.59 Å². The largest absolute Gasteiger partial charge is 0.328 e. The molecule has 5 heteroatoms. The molecule has 2 rings (SSSR count). The van der Waals surface area contributed by atoms with Gasteiger partial charge in [0, 0.05) is 18.3 Å². The van der Waals surface area contributed by atoms with Crippen molar-refractivity contribution in [1.82, 2.24) is 9.97 Å². The monoisotopic (exact) mass is 259 g/mol. The fourth-order valence-electron chi connectivity index (χ4n) is 1.99. The maximum absolute atomic E-state index is 11.4. The van der Waals surface area contributed by atoms with Gasteiger partial charge in [0.1, 0.15) is 5.82 Å². The maximum Gasteiger partial charge on any atom is 0.327 e. The van der Waals surface area contributed by atoms with E-state index in [1.165, 1.54) is 17.2 Å². The number of aromatic nitrogens is 2. The summed E-state index contributed by atoms with van der Waals surface area (Å²) in [6.45, 7) is 6.70. The predicted octanol–water partition coefficient (Wildman–Crippen LogP) is 1.84. The highest BCUT2D eigenvalue weighted by Crippen LogP contribution is 2.23. The van der Waals surface area contributed by atoms with E-state index in [-0.39, 0.29) is 0 Å². The average molecular weight is 259 g/mol. The molecular formula is C14H17N3O2. The van der Waals surface area contributed by atoms with Crippen molar-refractivity contribution in [2.24, 2.45) is 0 Å². The predicted molar refractivity (Wildman–Crippen MR) is 76.3 cm³/mol. The van der Waals surface area contributed by atoms with E-state index in [0.29, 0.717) is 12.4 Å². The van der Waals surface area contributed by atoms with Gasteiger partial charge >= 0.3 is 5.69 Å². The van der Waals surface area contributed by atoms with Crippen molar-refractivity contribution in [2.75, 3.05) is 11.4 Å². The molecule has 0 bridgehead atoms. The Morgan fingerprint density at radius 3 is 2.37 bits per heavy atom. The Kier molecular flexibility index (Phi) is 3.55. The molecule has 100 valence electrons. The highest BCUT2D eigenvalue weighted by Gasteiger charge is 2.09. The van der Waals surface area contributed by atoms with Crippen LogP contribution in [-0.2, 0) is 0 Å². The Morgan fingerprint density at radius 1 is 1.05 bits per heavy atom. The number of rotatable bonds is 3. The standard InChI is InChI=1S/C14H17N3O2/c1-4-17(11-6-5-9(2)10(3)7-11)12-8-13(18)16-14(19)15-12/h5-8H,4H2,1-3H3,(H2,15,16,18,19). The molecule has 1 heterocycles. The van der Waals surface area contributed by atoms with Crippen molar-refractivity contribution >= 4 is 11.5 Å². The molecule has 1 aromatic heterocycles. The second-order valence-electron chi connectivity index (χ2n) is 4.49. The minimum Gasteiger partial charge on any atom is -0.328 e. The van der Waals surface area contributed by atoms with Gasteiger partial charge in [-0.15, -0.1) is 0 Å². The molecule has 0 saturated carbocycles. The Hall–Kier alpha value is -2.30. The van der Waals surface area contributed by atoms with E-state index in [1.54, 1.807) is 0 Å². The van der Waals surface area contributed by atoms with Crippen LogP contribution in [0.25, 0.3) is 0 Å². The first-order chi connectivity index (χ1) is 9.01. The van der Waals surface area contributed by atoms with Crippen LogP contribution in [-0.4, -0.2) is 16.5 Å². The number of nitrogens with one attached hydrogen (secondary N) is 2. The average Bonchev–Trinajstić information content (AvgIpc) is 2.33. The van der Waals surface area contributed by atoms with Gasteiger partial charge in [-0.3, -0.25) is 14.8 Å². The third-order valence-corrected chi connectivity index (χ3v) is 3.16. The Balaban J connectivity index is 2.52. The summed E-state index contributed by atoms with van der Waals surface area (Å²) in [6.07, 6.45) is 0. The van der Waals surface area contributed by atoms with E-state index in [0.717, 1.165) is 5.69 Å². The molecule has 0 radical (unpaired) electrons. The van der Waals surface area contributed by atoms with Gasteiger partial charge < -0.3 is 4.90 Å². The SMILES string of the molecule is CCN(c1ccc(C)c(C)c1)c1cc(=O)[nH]c(=O)[nH]1. The molecule has 0 aliphatic rings. The van der Waals surface area contributed by atoms with Crippen LogP contribution in [0.3, 0.4) is 0 Å². The lowest BCUT2D eigenvalue weighted by molar-refractivity contribution is 0.941. The molecule has 2 N–H and O–H groups in total. The number of H-pyrrole nitrogens is 2. The fraction of sp³-hybridized carbons (Fsp3) is 0.286. The van der Waals surface area contributed by atoms with Gasteiger partial charge in [0.2, 0.25) is 0 Å². The molecule has 0 aliphatic carbocycles. The third kappa shape index (κ3) is 2.76. The summed E-state index contributed by atoms with van der Waals surface area (Å²) < 4.78 is 0.